The molecule has 38 heavy (non-hydrogen) atoms. The summed E-state index contributed by atoms with van der Waals surface area (Å²) in [5.41, 5.74) is 0.678. The molecule has 216 valence electrons. The van der Waals surface area contributed by atoms with Gasteiger partial charge in [-0.25, -0.2) is 9.59 Å². The largest absolute Gasteiger partial charge is 0.490 e. The number of ether oxygens (including phenoxy) is 1. The molecule has 0 spiro atoms. The lowest BCUT2D eigenvalue weighted by Crippen LogP contribution is -2.52. The highest BCUT2D eigenvalue weighted by Crippen LogP contribution is 2.25. The van der Waals surface area contributed by atoms with E-state index in [2.05, 4.69) is 9.80 Å². The smallest absolute Gasteiger partial charge is 0.475 e. The summed E-state index contributed by atoms with van der Waals surface area (Å²) in [7, 11) is 0. The minimum Gasteiger partial charge on any atom is -0.475 e. The number of alkyl halides is 6. The van der Waals surface area contributed by atoms with Crippen molar-refractivity contribution in [2.75, 3.05) is 52.4 Å². The number of halogens is 6. The van der Waals surface area contributed by atoms with Crippen molar-refractivity contribution in [3.05, 3.63) is 23.7 Å². The Kier molecular flexibility index (Phi) is 11.0. The zero-order chi connectivity index (χ0) is 28.7. The topological polar surface area (TPSA) is 124 Å². The average molecular weight is 561 g/mol. The number of rotatable bonds is 4. The Morgan fingerprint density at radius 2 is 1.50 bits per heavy atom. The standard InChI is InChI=1S/C18H27N3O3.2C2HF3O2/c1-14-15(4-10-23-14)18(22)21-12-16-17(13-21)24-11-9-20(16)8-7-19-5-2-3-6-19;2*3-2(4,5)1(6)7/h4,10,16-17H,2-3,5-9,11-13H2,1H3;2*(H,6,7)/t16-,17+;;/m1../s1. The fourth-order valence-electron chi connectivity index (χ4n) is 4.26. The van der Waals surface area contributed by atoms with Crippen molar-refractivity contribution in [1.82, 2.24) is 14.7 Å². The number of amides is 1. The van der Waals surface area contributed by atoms with E-state index < -0.39 is 24.3 Å². The van der Waals surface area contributed by atoms with E-state index in [1.54, 1.807) is 12.3 Å². The Morgan fingerprint density at radius 3 is 1.97 bits per heavy atom. The lowest BCUT2D eigenvalue weighted by molar-refractivity contribution is -0.193. The number of hydrogen-bond acceptors (Lipinski definition) is 7. The Labute approximate surface area is 213 Å². The number of aryl methyl sites for hydroxylation is 1. The molecule has 0 aromatic carbocycles. The van der Waals surface area contributed by atoms with Crippen molar-refractivity contribution in [3.8, 4) is 0 Å². The minimum atomic E-state index is -5.08. The normalized spacial score (nSPS) is 22.1. The third kappa shape index (κ3) is 9.16. The number of fused-ring (bicyclic) bond motifs is 1. The molecule has 0 aliphatic carbocycles. The van der Waals surface area contributed by atoms with Gasteiger partial charge in [0.25, 0.3) is 5.91 Å². The molecule has 3 fully saturated rings. The molecular weight excluding hydrogens is 532 g/mol. The van der Waals surface area contributed by atoms with Gasteiger partial charge in [-0.1, -0.05) is 0 Å². The molecule has 16 heteroatoms. The van der Waals surface area contributed by atoms with Crippen LogP contribution in [0, 0.1) is 6.92 Å². The molecule has 1 aromatic heterocycles. The summed E-state index contributed by atoms with van der Waals surface area (Å²) in [5.74, 6) is -4.75. The second-order valence-corrected chi connectivity index (χ2v) is 8.77. The van der Waals surface area contributed by atoms with E-state index in [0.29, 0.717) is 23.9 Å². The maximum atomic E-state index is 12.7. The summed E-state index contributed by atoms with van der Waals surface area (Å²) >= 11 is 0. The maximum Gasteiger partial charge on any atom is 0.490 e. The van der Waals surface area contributed by atoms with Crippen LogP contribution in [-0.4, -0.2) is 120 Å². The highest BCUT2D eigenvalue weighted by molar-refractivity contribution is 5.95. The molecule has 0 radical (unpaired) electrons. The van der Waals surface area contributed by atoms with Crippen LogP contribution in [0.25, 0.3) is 0 Å². The monoisotopic (exact) mass is 561 g/mol. The molecule has 10 nitrogen and oxygen atoms in total. The second kappa shape index (κ2) is 13.3. The highest BCUT2D eigenvalue weighted by Gasteiger charge is 2.42. The van der Waals surface area contributed by atoms with Crippen LogP contribution in [0.1, 0.15) is 29.0 Å². The Hall–Kier alpha value is -2.85. The Bertz CT molecular complexity index is 923. The fourth-order valence-corrected chi connectivity index (χ4v) is 4.26. The number of morpholine rings is 1. The van der Waals surface area contributed by atoms with E-state index in [1.165, 1.54) is 25.9 Å². The van der Waals surface area contributed by atoms with Gasteiger partial charge in [-0.05, 0) is 38.9 Å². The summed E-state index contributed by atoms with van der Waals surface area (Å²) in [6.45, 7) is 9.73. The van der Waals surface area contributed by atoms with Crippen LogP contribution < -0.4 is 0 Å². The van der Waals surface area contributed by atoms with Crippen molar-refractivity contribution in [3.63, 3.8) is 0 Å². The first kappa shape index (κ1) is 31.4. The fraction of sp³-hybridized carbons (Fsp3) is 0.682. The molecule has 3 aliphatic heterocycles. The first-order valence-electron chi connectivity index (χ1n) is 11.6. The number of hydrogen-bond donors (Lipinski definition) is 2. The maximum absolute atomic E-state index is 12.7. The van der Waals surface area contributed by atoms with Gasteiger partial charge in [0.1, 0.15) is 5.76 Å². The molecule has 1 amide bonds. The van der Waals surface area contributed by atoms with Gasteiger partial charge >= 0.3 is 24.3 Å². The van der Waals surface area contributed by atoms with Gasteiger partial charge in [0.15, 0.2) is 0 Å². The van der Waals surface area contributed by atoms with E-state index in [1.807, 2.05) is 11.8 Å². The van der Waals surface area contributed by atoms with Gasteiger partial charge < -0.3 is 29.2 Å². The molecule has 4 heterocycles. The van der Waals surface area contributed by atoms with Gasteiger partial charge in [0.2, 0.25) is 0 Å². The first-order chi connectivity index (χ1) is 17.6. The molecule has 3 saturated heterocycles. The second-order valence-electron chi connectivity index (χ2n) is 8.77. The molecule has 0 saturated carbocycles. The lowest BCUT2D eigenvalue weighted by atomic mass is 10.1. The molecule has 3 aliphatic rings. The average Bonchev–Trinajstić information content (AvgIpc) is 3.57. The van der Waals surface area contributed by atoms with Crippen molar-refractivity contribution in [2.24, 2.45) is 0 Å². The van der Waals surface area contributed by atoms with Crippen molar-refractivity contribution in [1.29, 1.82) is 0 Å². The summed E-state index contributed by atoms with van der Waals surface area (Å²) in [4.78, 5) is 37.5. The van der Waals surface area contributed by atoms with Crippen molar-refractivity contribution < 1.29 is 60.1 Å². The number of carboxylic acids is 2. The number of carbonyl (C=O) groups is 3. The number of likely N-dealkylation sites (tertiary alicyclic amines) is 2. The number of nitrogens with zero attached hydrogens (tertiary/aromatic N) is 3. The molecule has 2 N–H and O–H groups in total. The summed E-state index contributed by atoms with van der Waals surface area (Å²) in [5, 5.41) is 14.2. The third-order valence-corrected chi connectivity index (χ3v) is 6.18. The molecule has 2 atom stereocenters. The van der Waals surface area contributed by atoms with Crippen LogP contribution in [0.2, 0.25) is 0 Å². The van der Waals surface area contributed by atoms with E-state index in [4.69, 9.17) is 29.0 Å². The van der Waals surface area contributed by atoms with Gasteiger partial charge in [0.05, 0.1) is 30.6 Å². The van der Waals surface area contributed by atoms with E-state index in [0.717, 1.165) is 32.8 Å². The highest BCUT2D eigenvalue weighted by atomic mass is 19.4. The molecular formula is C22H29F6N3O7. The van der Waals surface area contributed by atoms with Crippen molar-refractivity contribution >= 4 is 17.8 Å². The van der Waals surface area contributed by atoms with Crippen LogP contribution in [0.5, 0.6) is 0 Å². The lowest BCUT2D eigenvalue weighted by Gasteiger charge is -2.37. The van der Waals surface area contributed by atoms with Gasteiger partial charge in [0, 0.05) is 32.7 Å². The predicted molar refractivity (Wildman–Crippen MR) is 118 cm³/mol. The first-order valence-corrected chi connectivity index (χ1v) is 11.6. The zero-order valence-corrected chi connectivity index (χ0v) is 20.4. The predicted octanol–water partition coefficient (Wildman–Crippen LogP) is 2.48. The Balaban J connectivity index is 0.000000301. The summed E-state index contributed by atoms with van der Waals surface area (Å²) < 4.78 is 74.7. The number of furan rings is 1. The molecule has 1 aromatic rings. The number of carboxylic acid groups (broad SMARTS) is 2. The van der Waals surface area contributed by atoms with Crippen LogP contribution >= 0.6 is 0 Å². The van der Waals surface area contributed by atoms with Gasteiger partial charge in [-0.15, -0.1) is 0 Å². The van der Waals surface area contributed by atoms with E-state index in [-0.39, 0.29) is 12.0 Å². The van der Waals surface area contributed by atoms with E-state index in [9.17, 15) is 31.1 Å². The minimum absolute atomic E-state index is 0.0683. The molecule has 0 unspecified atom stereocenters. The van der Waals surface area contributed by atoms with Crippen LogP contribution in [-0.2, 0) is 14.3 Å². The number of aliphatic carboxylic acids is 2. The number of carbonyl (C=O) groups excluding carboxylic acids is 1. The van der Waals surface area contributed by atoms with Gasteiger partial charge in [-0.3, -0.25) is 9.69 Å². The van der Waals surface area contributed by atoms with Crippen molar-refractivity contribution in [2.45, 2.75) is 44.3 Å². The Morgan fingerprint density at radius 1 is 0.947 bits per heavy atom. The van der Waals surface area contributed by atoms with Gasteiger partial charge in [-0.2, -0.15) is 26.3 Å². The molecule has 4 rings (SSSR count). The summed E-state index contributed by atoms with van der Waals surface area (Å²) in [6, 6.07) is 2.10. The van der Waals surface area contributed by atoms with E-state index >= 15 is 0 Å². The summed E-state index contributed by atoms with van der Waals surface area (Å²) in [6.07, 6.45) is -5.76. The quantitative estimate of drug-likeness (QED) is 0.534. The zero-order valence-electron chi connectivity index (χ0n) is 20.4. The van der Waals surface area contributed by atoms with Crippen LogP contribution in [0.3, 0.4) is 0 Å². The molecule has 0 bridgehead atoms. The third-order valence-electron chi connectivity index (χ3n) is 6.18. The SMILES string of the molecule is Cc1occc1C(=O)N1C[C@@H]2OCCN(CCN3CCCC3)[C@@H]2C1.O=C(O)C(F)(F)F.O=C(O)C(F)(F)F. The van der Waals surface area contributed by atoms with Crippen LogP contribution in [0.4, 0.5) is 26.3 Å². The van der Waals surface area contributed by atoms with Crippen LogP contribution in [0.15, 0.2) is 16.7 Å².